The van der Waals surface area contributed by atoms with E-state index in [-0.39, 0.29) is 0 Å². The normalized spacial score (nSPS) is 11.6. The first-order valence-corrected chi connectivity index (χ1v) is 6.80. The van der Waals surface area contributed by atoms with Crippen molar-refractivity contribution in [2.45, 2.75) is 33.4 Å². The molecular weight excluding hydrogens is 250 g/mol. The molecule has 0 saturated heterocycles. The van der Waals surface area contributed by atoms with E-state index in [4.69, 9.17) is 10.7 Å². The summed E-state index contributed by atoms with van der Waals surface area (Å²) in [6.45, 7) is 7.05. The lowest BCUT2D eigenvalue weighted by Crippen LogP contribution is -2.11. The second-order valence-corrected chi connectivity index (χ2v) is 5.46. The van der Waals surface area contributed by atoms with Crippen molar-refractivity contribution in [3.05, 3.63) is 42.0 Å². The summed E-state index contributed by atoms with van der Waals surface area (Å²) >= 11 is 0. The molecule has 20 heavy (non-hydrogen) atoms. The third-order valence-corrected chi connectivity index (χ3v) is 3.39. The zero-order valence-electron chi connectivity index (χ0n) is 12.0. The summed E-state index contributed by atoms with van der Waals surface area (Å²) in [5.74, 6) is 1.00. The highest BCUT2D eigenvalue weighted by atomic mass is 15.3. The maximum absolute atomic E-state index is 5.71. The number of fused-ring (bicyclic) bond motifs is 1. The topological polar surface area (TPSA) is 61.7 Å². The Kier molecular flexibility index (Phi) is 2.97. The number of nitrogens with two attached hydrogens (primary N) is 1. The molecule has 0 aliphatic carbocycles. The summed E-state index contributed by atoms with van der Waals surface area (Å²) in [5.41, 5.74) is 9.81. The molecular formula is C15H19N5. The van der Waals surface area contributed by atoms with Gasteiger partial charge in [-0.25, -0.2) is 4.98 Å². The molecule has 2 aromatic heterocycles. The van der Waals surface area contributed by atoms with Gasteiger partial charge in [0.15, 0.2) is 0 Å². The van der Waals surface area contributed by atoms with Gasteiger partial charge in [0.05, 0.1) is 29.5 Å². The summed E-state index contributed by atoms with van der Waals surface area (Å²) in [6, 6.07) is 6.73. The second-order valence-electron chi connectivity index (χ2n) is 5.46. The highest BCUT2D eigenvalue weighted by Crippen LogP contribution is 2.22. The fourth-order valence-corrected chi connectivity index (χ4v) is 2.56. The lowest BCUT2D eigenvalue weighted by molar-refractivity contribution is 0.551. The van der Waals surface area contributed by atoms with Crippen LogP contribution in [0, 0.1) is 6.92 Å². The van der Waals surface area contributed by atoms with E-state index in [1.54, 1.807) is 6.20 Å². The third kappa shape index (κ3) is 2.15. The number of benzene rings is 1. The highest BCUT2D eigenvalue weighted by Gasteiger charge is 2.14. The van der Waals surface area contributed by atoms with Gasteiger partial charge in [0.2, 0.25) is 0 Å². The minimum atomic E-state index is 0.352. The second kappa shape index (κ2) is 4.67. The molecule has 2 heterocycles. The third-order valence-electron chi connectivity index (χ3n) is 3.39. The van der Waals surface area contributed by atoms with Gasteiger partial charge in [-0.1, -0.05) is 6.07 Å². The number of hydrogen-bond acceptors (Lipinski definition) is 3. The molecule has 0 aliphatic heterocycles. The molecule has 5 heteroatoms. The van der Waals surface area contributed by atoms with Crippen molar-refractivity contribution in [1.82, 2.24) is 19.3 Å². The van der Waals surface area contributed by atoms with E-state index in [0.717, 1.165) is 11.3 Å². The van der Waals surface area contributed by atoms with Crippen molar-refractivity contribution in [1.29, 1.82) is 0 Å². The van der Waals surface area contributed by atoms with E-state index in [1.807, 2.05) is 10.9 Å². The van der Waals surface area contributed by atoms with Crippen molar-refractivity contribution in [3.63, 3.8) is 0 Å². The minimum Gasteiger partial charge on any atom is -0.396 e. The smallest absolute Gasteiger partial charge is 0.131 e. The number of aryl methyl sites for hydroxylation is 1. The number of nitrogens with zero attached hydrogens (tertiary/aromatic N) is 4. The van der Waals surface area contributed by atoms with Crippen molar-refractivity contribution in [2.75, 3.05) is 5.73 Å². The minimum absolute atomic E-state index is 0.352. The van der Waals surface area contributed by atoms with Crippen LogP contribution in [0.2, 0.25) is 0 Å². The molecule has 0 amide bonds. The first kappa shape index (κ1) is 12.7. The van der Waals surface area contributed by atoms with Crippen LogP contribution >= 0.6 is 0 Å². The zero-order chi connectivity index (χ0) is 14.3. The van der Waals surface area contributed by atoms with Crippen LogP contribution < -0.4 is 5.73 Å². The van der Waals surface area contributed by atoms with E-state index in [2.05, 4.69) is 48.6 Å². The molecule has 1 aromatic carbocycles. The van der Waals surface area contributed by atoms with Gasteiger partial charge >= 0.3 is 0 Å². The monoisotopic (exact) mass is 269 g/mol. The lowest BCUT2D eigenvalue weighted by atomic mass is 10.2. The van der Waals surface area contributed by atoms with Crippen LogP contribution in [0.15, 0.2) is 30.6 Å². The molecule has 0 atom stereocenters. The van der Waals surface area contributed by atoms with Crippen molar-refractivity contribution >= 4 is 16.7 Å². The molecule has 0 bridgehead atoms. The standard InChI is InChI=1S/C15H19N5/c1-10(2)20-14-5-4-11(3)6-13(14)18-15(20)9-19-8-12(16)7-17-19/h4-8,10H,9,16H2,1-3H3. The molecule has 0 spiro atoms. The summed E-state index contributed by atoms with van der Waals surface area (Å²) in [5, 5.41) is 4.24. The van der Waals surface area contributed by atoms with Gasteiger partial charge in [-0.2, -0.15) is 5.10 Å². The van der Waals surface area contributed by atoms with Crippen molar-refractivity contribution in [3.8, 4) is 0 Å². The van der Waals surface area contributed by atoms with Gasteiger partial charge in [-0.05, 0) is 38.5 Å². The molecule has 3 rings (SSSR count). The summed E-state index contributed by atoms with van der Waals surface area (Å²) in [6.07, 6.45) is 3.49. The molecule has 0 fully saturated rings. The van der Waals surface area contributed by atoms with Crippen LogP contribution in [0.25, 0.3) is 11.0 Å². The van der Waals surface area contributed by atoms with E-state index in [1.165, 1.54) is 11.1 Å². The molecule has 104 valence electrons. The predicted octanol–water partition coefficient (Wildman–Crippen LogP) is 2.75. The van der Waals surface area contributed by atoms with Crippen molar-refractivity contribution < 1.29 is 0 Å². The molecule has 0 aliphatic rings. The lowest BCUT2D eigenvalue weighted by Gasteiger charge is -2.13. The molecule has 0 radical (unpaired) electrons. The molecule has 3 aromatic rings. The Labute approximate surface area is 118 Å². The predicted molar refractivity (Wildman–Crippen MR) is 80.6 cm³/mol. The first-order valence-electron chi connectivity index (χ1n) is 6.80. The number of nitrogen functional groups attached to an aromatic ring is 1. The van der Waals surface area contributed by atoms with Gasteiger partial charge < -0.3 is 10.3 Å². The Morgan fingerprint density at radius 1 is 1.30 bits per heavy atom. The van der Waals surface area contributed by atoms with Crippen LogP contribution in [-0.2, 0) is 6.54 Å². The highest BCUT2D eigenvalue weighted by molar-refractivity contribution is 5.77. The maximum atomic E-state index is 5.71. The first-order chi connectivity index (χ1) is 9.54. The largest absolute Gasteiger partial charge is 0.396 e. The Hall–Kier alpha value is -2.30. The zero-order valence-corrected chi connectivity index (χ0v) is 12.0. The van der Waals surface area contributed by atoms with E-state index < -0.39 is 0 Å². The number of rotatable bonds is 3. The molecule has 0 unspecified atom stereocenters. The quantitative estimate of drug-likeness (QED) is 0.795. The van der Waals surface area contributed by atoms with Crippen LogP contribution in [0.4, 0.5) is 5.69 Å². The van der Waals surface area contributed by atoms with E-state index in [9.17, 15) is 0 Å². The van der Waals surface area contributed by atoms with E-state index >= 15 is 0 Å². The molecule has 5 nitrogen and oxygen atoms in total. The van der Waals surface area contributed by atoms with Gasteiger partial charge in [-0.15, -0.1) is 0 Å². The average Bonchev–Trinajstić information content (AvgIpc) is 2.92. The number of imidazole rings is 1. The maximum Gasteiger partial charge on any atom is 0.131 e. The average molecular weight is 269 g/mol. The Bertz CT molecular complexity index is 751. The number of aromatic nitrogens is 4. The number of hydrogen-bond donors (Lipinski definition) is 1. The van der Waals surface area contributed by atoms with E-state index in [0.29, 0.717) is 18.3 Å². The van der Waals surface area contributed by atoms with Crippen LogP contribution in [-0.4, -0.2) is 19.3 Å². The fraction of sp³-hybridized carbons (Fsp3) is 0.333. The van der Waals surface area contributed by atoms with Crippen LogP contribution in [0.5, 0.6) is 0 Å². The Balaban J connectivity index is 2.11. The van der Waals surface area contributed by atoms with Gasteiger partial charge in [0.1, 0.15) is 5.82 Å². The fourth-order valence-electron chi connectivity index (χ4n) is 2.56. The van der Waals surface area contributed by atoms with Gasteiger partial charge in [-0.3, -0.25) is 4.68 Å². The Morgan fingerprint density at radius 3 is 2.75 bits per heavy atom. The number of anilines is 1. The Morgan fingerprint density at radius 2 is 2.10 bits per heavy atom. The summed E-state index contributed by atoms with van der Waals surface area (Å²) < 4.78 is 4.08. The summed E-state index contributed by atoms with van der Waals surface area (Å²) in [4.78, 5) is 4.76. The SMILES string of the molecule is Cc1ccc2c(c1)nc(Cn1cc(N)cn1)n2C(C)C. The summed E-state index contributed by atoms with van der Waals surface area (Å²) in [7, 11) is 0. The van der Waals surface area contributed by atoms with Gasteiger partial charge in [0.25, 0.3) is 0 Å². The van der Waals surface area contributed by atoms with Crippen LogP contribution in [0.1, 0.15) is 31.3 Å². The molecule has 0 saturated carbocycles. The van der Waals surface area contributed by atoms with Gasteiger partial charge in [0, 0.05) is 12.2 Å². The van der Waals surface area contributed by atoms with Crippen LogP contribution in [0.3, 0.4) is 0 Å². The van der Waals surface area contributed by atoms with Crippen molar-refractivity contribution in [2.24, 2.45) is 0 Å². The molecule has 2 N–H and O–H groups in total.